The van der Waals surface area contributed by atoms with Crippen LogP contribution >= 0.6 is 0 Å². The zero-order valence-corrected chi connectivity index (χ0v) is 10.3. The van der Waals surface area contributed by atoms with Gasteiger partial charge in [-0.2, -0.15) is 0 Å². The molecule has 2 rings (SSSR count). The lowest BCUT2D eigenvalue weighted by Gasteiger charge is -2.06. The molecule has 1 aromatic carbocycles. The summed E-state index contributed by atoms with van der Waals surface area (Å²) in [6, 6.07) is 1.99. The predicted octanol–water partition coefficient (Wildman–Crippen LogP) is 1.98. The first kappa shape index (κ1) is 13.9. The van der Waals surface area contributed by atoms with Crippen molar-refractivity contribution in [3.8, 4) is 0 Å². The molecule has 1 fully saturated rings. The number of hydrogen-bond donors (Lipinski definition) is 2. The van der Waals surface area contributed by atoms with E-state index >= 15 is 0 Å². The molecular formula is C13H15F3N2O. The Balaban J connectivity index is 1.78. The quantitative estimate of drug-likeness (QED) is 0.614. The van der Waals surface area contributed by atoms with E-state index < -0.39 is 23.4 Å². The number of halogens is 3. The van der Waals surface area contributed by atoms with Crippen LogP contribution in [0.3, 0.4) is 0 Å². The van der Waals surface area contributed by atoms with Crippen LogP contribution in [-0.4, -0.2) is 25.0 Å². The standard InChI is InChI=1S/C13H15F3N2O/c14-10-6-8(7-11(15)12(10)16)13(19)18-5-1-4-17-9-2-3-9/h6-7,9,17H,1-5H2,(H,18,19). The Hall–Kier alpha value is -1.56. The molecule has 19 heavy (non-hydrogen) atoms. The molecule has 0 radical (unpaired) electrons. The average molecular weight is 272 g/mol. The van der Waals surface area contributed by atoms with Gasteiger partial charge in [-0.05, 0) is 37.9 Å². The second-order valence-corrected chi connectivity index (χ2v) is 4.59. The van der Waals surface area contributed by atoms with Gasteiger partial charge in [0.2, 0.25) is 0 Å². The van der Waals surface area contributed by atoms with E-state index in [-0.39, 0.29) is 5.56 Å². The van der Waals surface area contributed by atoms with Gasteiger partial charge in [0.15, 0.2) is 17.5 Å². The van der Waals surface area contributed by atoms with E-state index in [1.807, 2.05) is 0 Å². The smallest absolute Gasteiger partial charge is 0.251 e. The molecule has 0 bridgehead atoms. The predicted molar refractivity (Wildman–Crippen MR) is 64.3 cm³/mol. The molecule has 2 N–H and O–H groups in total. The summed E-state index contributed by atoms with van der Waals surface area (Å²) < 4.78 is 38.6. The van der Waals surface area contributed by atoms with E-state index in [9.17, 15) is 18.0 Å². The van der Waals surface area contributed by atoms with Gasteiger partial charge in [0.05, 0.1) is 0 Å². The van der Waals surface area contributed by atoms with Crippen LogP contribution in [0.15, 0.2) is 12.1 Å². The Morgan fingerprint density at radius 1 is 1.16 bits per heavy atom. The molecule has 1 amide bonds. The fraction of sp³-hybridized carbons (Fsp3) is 0.462. The Bertz CT molecular complexity index is 452. The van der Waals surface area contributed by atoms with Crippen LogP contribution in [0.25, 0.3) is 0 Å². The molecular weight excluding hydrogens is 257 g/mol. The molecule has 0 aliphatic heterocycles. The van der Waals surface area contributed by atoms with Crippen molar-refractivity contribution in [1.29, 1.82) is 0 Å². The van der Waals surface area contributed by atoms with Crippen LogP contribution in [0.4, 0.5) is 13.2 Å². The second kappa shape index (κ2) is 6.06. The minimum absolute atomic E-state index is 0.216. The summed E-state index contributed by atoms with van der Waals surface area (Å²) in [6.45, 7) is 1.19. The number of carbonyl (C=O) groups is 1. The maximum atomic E-state index is 12.9. The Morgan fingerprint density at radius 2 is 1.79 bits per heavy atom. The molecule has 104 valence electrons. The molecule has 3 nitrogen and oxygen atoms in total. The maximum Gasteiger partial charge on any atom is 0.251 e. The number of hydrogen-bond acceptors (Lipinski definition) is 2. The number of amides is 1. The van der Waals surface area contributed by atoms with Crippen molar-refractivity contribution in [2.45, 2.75) is 25.3 Å². The molecule has 0 aromatic heterocycles. The first-order valence-electron chi connectivity index (χ1n) is 6.24. The lowest BCUT2D eigenvalue weighted by molar-refractivity contribution is 0.0952. The van der Waals surface area contributed by atoms with Crippen molar-refractivity contribution in [2.24, 2.45) is 0 Å². The van der Waals surface area contributed by atoms with Gasteiger partial charge in [0.1, 0.15) is 0 Å². The third-order valence-corrected chi connectivity index (χ3v) is 2.90. The SMILES string of the molecule is O=C(NCCCNC1CC1)c1cc(F)c(F)c(F)c1. The van der Waals surface area contributed by atoms with Crippen LogP contribution in [-0.2, 0) is 0 Å². The lowest BCUT2D eigenvalue weighted by Crippen LogP contribution is -2.28. The largest absolute Gasteiger partial charge is 0.352 e. The molecule has 0 heterocycles. The Morgan fingerprint density at radius 3 is 2.37 bits per heavy atom. The Labute approximate surface area is 109 Å². The first-order chi connectivity index (χ1) is 9.08. The third kappa shape index (κ3) is 3.96. The zero-order valence-electron chi connectivity index (χ0n) is 10.3. The highest BCUT2D eigenvalue weighted by Gasteiger charge is 2.19. The molecule has 1 saturated carbocycles. The molecule has 6 heteroatoms. The van der Waals surface area contributed by atoms with Gasteiger partial charge in [-0.3, -0.25) is 4.79 Å². The summed E-state index contributed by atoms with van der Waals surface area (Å²) in [6.07, 6.45) is 3.12. The summed E-state index contributed by atoms with van der Waals surface area (Å²) >= 11 is 0. The van der Waals surface area contributed by atoms with Crippen molar-refractivity contribution in [3.63, 3.8) is 0 Å². The van der Waals surface area contributed by atoms with E-state index in [1.54, 1.807) is 0 Å². The molecule has 1 aliphatic rings. The van der Waals surface area contributed by atoms with Gasteiger partial charge >= 0.3 is 0 Å². The van der Waals surface area contributed by atoms with Crippen molar-refractivity contribution >= 4 is 5.91 Å². The fourth-order valence-electron chi connectivity index (χ4n) is 1.67. The van der Waals surface area contributed by atoms with Gasteiger partial charge in [-0.15, -0.1) is 0 Å². The summed E-state index contributed by atoms with van der Waals surface area (Å²) in [4.78, 5) is 11.6. The molecule has 1 aliphatic carbocycles. The van der Waals surface area contributed by atoms with Gasteiger partial charge in [-0.25, -0.2) is 13.2 Å². The van der Waals surface area contributed by atoms with Crippen LogP contribution < -0.4 is 10.6 Å². The maximum absolute atomic E-state index is 12.9. The second-order valence-electron chi connectivity index (χ2n) is 4.59. The van der Waals surface area contributed by atoms with E-state index in [2.05, 4.69) is 10.6 Å². The van der Waals surface area contributed by atoms with Crippen molar-refractivity contribution in [1.82, 2.24) is 10.6 Å². The minimum atomic E-state index is -1.56. The monoisotopic (exact) mass is 272 g/mol. The normalized spacial score (nSPS) is 14.5. The molecule has 0 unspecified atom stereocenters. The summed E-state index contributed by atoms with van der Waals surface area (Å²) in [5, 5.41) is 5.81. The van der Waals surface area contributed by atoms with E-state index in [0.717, 1.165) is 13.0 Å². The van der Waals surface area contributed by atoms with Crippen molar-refractivity contribution in [3.05, 3.63) is 35.1 Å². The molecule has 1 aromatic rings. The number of nitrogens with one attached hydrogen (secondary N) is 2. The summed E-state index contributed by atoms with van der Waals surface area (Å²) in [5.41, 5.74) is -0.216. The van der Waals surface area contributed by atoms with Crippen LogP contribution in [0, 0.1) is 17.5 Å². The molecule has 0 spiro atoms. The lowest BCUT2D eigenvalue weighted by atomic mass is 10.2. The highest BCUT2D eigenvalue weighted by Crippen LogP contribution is 2.18. The van der Waals surface area contributed by atoms with Gasteiger partial charge < -0.3 is 10.6 Å². The highest BCUT2D eigenvalue weighted by molar-refractivity contribution is 5.94. The highest BCUT2D eigenvalue weighted by atomic mass is 19.2. The van der Waals surface area contributed by atoms with Crippen LogP contribution in [0.1, 0.15) is 29.6 Å². The van der Waals surface area contributed by atoms with E-state index in [4.69, 9.17) is 0 Å². The number of carbonyl (C=O) groups excluding carboxylic acids is 1. The third-order valence-electron chi connectivity index (χ3n) is 2.90. The van der Waals surface area contributed by atoms with E-state index in [1.165, 1.54) is 12.8 Å². The number of rotatable bonds is 6. The minimum Gasteiger partial charge on any atom is -0.352 e. The van der Waals surface area contributed by atoms with Crippen molar-refractivity contribution in [2.75, 3.05) is 13.1 Å². The fourth-order valence-corrected chi connectivity index (χ4v) is 1.67. The average Bonchev–Trinajstić information content (AvgIpc) is 3.18. The van der Waals surface area contributed by atoms with Gasteiger partial charge in [0, 0.05) is 18.2 Å². The zero-order chi connectivity index (χ0) is 13.8. The number of benzene rings is 1. The summed E-state index contributed by atoms with van der Waals surface area (Å²) in [5.74, 6) is -4.89. The first-order valence-corrected chi connectivity index (χ1v) is 6.24. The van der Waals surface area contributed by atoms with Gasteiger partial charge in [0.25, 0.3) is 5.91 Å². The Kier molecular flexibility index (Phi) is 4.42. The topological polar surface area (TPSA) is 41.1 Å². The van der Waals surface area contributed by atoms with E-state index in [0.29, 0.717) is 24.7 Å². The van der Waals surface area contributed by atoms with Crippen molar-refractivity contribution < 1.29 is 18.0 Å². The van der Waals surface area contributed by atoms with Crippen LogP contribution in [0.2, 0.25) is 0 Å². The summed E-state index contributed by atoms with van der Waals surface area (Å²) in [7, 11) is 0. The van der Waals surface area contributed by atoms with Crippen LogP contribution in [0.5, 0.6) is 0 Å². The van der Waals surface area contributed by atoms with Gasteiger partial charge in [-0.1, -0.05) is 0 Å². The molecule has 0 saturated heterocycles. The molecule has 0 atom stereocenters.